The highest BCUT2D eigenvalue weighted by Crippen LogP contribution is 2.31. The van der Waals surface area contributed by atoms with E-state index in [2.05, 4.69) is 65.4 Å². The number of hydrogen-bond donors (Lipinski definition) is 0. The Morgan fingerprint density at radius 1 is 1.04 bits per heavy atom. The molecule has 0 atom stereocenters. The molecule has 128 valence electrons. The summed E-state index contributed by atoms with van der Waals surface area (Å²) in [5.41, 5.74) is 5.23. The van der Waals surface area contributed by atoms with E-state index in [-0.39, 0.29) is 0 Å². The molecule has 3 heteroatoms. The topological polar surface area (TPSA) is 15.7 Å². The van der Waals surface area contributed by atoms with Crippen LogP contribution < -0.4 is 4.74 Å². The quantitative estimate of drug-likeness (QED) is 0.827. The van der Waals surface area contributed by atoms with Gasteiger partial charge in [0.25, 0.3) is 0 Å². The van der Waals surface area contributed by atoms with Crippen molar-refractivity contribution in [2.24, 2.45) is 0 Å². The monoisotopic (exact) mass is 332 g/mol. The van der Waals surface area contributed by atoms with Gasteiger partial charge in [0.15, 0.2) is 0 Å². The van der Waals surface area contributed by atoms with Crippen LogP contribution in [0.5, 0.6) is 5.75 Å². The van der Waals surface area contributed by atoms with E-state index in [0.717, 1.165) is 38.3 Å². The lowest BCUT2D eigenvalue weighted by Gasteiger charge is -2.22. The minimum atomic E-state index is 0.912. The summed E-state index contributed by atoms with van der Waals surface area (Å²) < 4.78 is 5.94. The fourth-order valence-electron chi connectivity index (χ4n) is 3.48. The van der Waals surface area contributed by atoms with Crippen molar-refractivity contribution in [1.29, 1.82) is 0 Å². The second-order valence-corrected chi connectivity index (χ2v) is 6.81. The van der Waals surface area contributed by atoms with Crippen LogP contribution >= 0.6 is 0 Å². The van der Waals surface area contributed by atoms with Crippen LogP contribution in [0.1, 0.15) is 11.1 Å². The minimum Gasteiger partial charge on any atom is -0.462 e. The number of para-hydroxylation sites is 1. The van der Waals surface area contributed by atoms with Gasteiger partial charge in [0.05, 0.1) is 5.70 Å². The van der Waals surface area contributed by atoms with E-state index >= 15 is 0 Å². The number of likely N-dealkylation sites (N-methyl/N-ethyl adjacent to an activating group) is 1. The van der Waals surface area contributed by atoms with Gasteiger partial charge in [-0.15, -0.1) is 0 Å². The second kappa shape index (κ2) is 7.16. The molecule has 0 N–H and O–H groups in total. The number of fused-ring (bicyclic) bond motifs is 2. The van der Waals surface area contributed by atoms with Crippen molar-refractivity contribution >= 4 is 0 Å². The maximum absolute atomic E-state index is 5.94. The molecule has 0 aromatic heterocycles. The third-order valence-corrected chi connectivity index (χ3v) is 4.92. The molecule has 2 aromatic carbocycles. The highest BCUT2D eigenvalue weighted by atomic mass is 16.5. The second-order valence-electron chi connectivity index (χ2n) is 6.81. The molecule has 4 rings (SSSR count). The Kier molecular flexibility index (Phi) is 4.57. The van der Waals surface area contributed by atoms with Gasteiger partial charge in [-0.25, -0.2) is 0 Å². The van der Waals surface area contributed by atoms with Crippen LogP contribution in [-0.4, -0.2) is 36.5 Å². The summed E-state index contributed by atoms with van der Waals surface area (Å²) in [6.07, 6.45) is 5.34. The molecule has 2 aliphatic heterocycles. The lowest BCUT2D eigenvalue weighted by atomic mass is 10.1. The Morgan fingerprint density at radius 3 is 2.72 bits per heavy atom. The molecular weight excluding hydrogens is 308 g/mol. The summed E-state index contributed by atoms with van der Waals surface area (Å²) in [5, 5.41) is 0. The van der Waals surface area contributed by atoms with E-state index in [4.69, 9.17) is 4.74 Å². The first kappa shape index (κ1) is 16.0. The van der Waals surface area contributed by atoms with Crippen molar-refractivity contribution in [2.45, 2.75) is 13.0 Å². The number of hydrogen-bond acceptors (Lipinski definition) is 3. The number of benzene rings is 2. The normalized spacial score (nSPS) is 15.8. The molecule has 0 bridgehead atoms. The zero-order valence-electron chi connectivity index (χ0n) is 14.7. The predicted octanol–water partition coefficient (Wildman–Crippen LogP) is 3.84. The van der Waals surface area contributed by atoms with Gasteiger partial charge in [-0.2, -0.15) is 0 Å². The molecule has 25 heavy (non-hydrogen) atoms. The van der Waals surface area contributed by atoms with Gasteiger partial charge in [0.2, 0.25) is 0 Å². The van der Waals surface area contributed by atoms with Crippen LogP contribution in [0.25, 0.3) is 0 Å². The number of rotatable bonds is 5. The molecule has 0 saturated carbocycles. The summed E-state index contributed by atoms with van der Waals surface area (Å²) in [6.45, 7) is 3.88. The molecule has 0 amide bonds. The molecule has 0 spiro atoms. The third kappa shape index (κ3) is 3.62. The lowest BCUT2D eigenvalue weighted by Crippen LogP contribution is -2.25. The smallest absolute Gasteiger partial charge is 0.131 e. The van der Waals surface area contributed by atoms with Gasteiger partial charge in [0, 0.05) is 31.7 Å². The lowest BCUT2D eigenvalue weighted by molar-refractivity contribution is 0.355. The Hall–Kier alpha value is -2.52. The van der Waals surface area contributed by atoms with Crippen molar-refractivity contribution in [1.82, 2.24) is 9.80 Å². The standard InChI is InChI=1S/C22H24N2O/c1-23(13-11-18-7-3-2-4-8-18)15-19-12-14-24-16-20-9-5-6-10-22(20)25-17-21(19)24/h2-10,12,17H,11,13-16H2,1H3. The molecule has 0 saturated heterocycles. The molecular formula is C22H24N2O. The molecule has 2 aromatic rings. The van der Waals surface area contributed by atoms with Crippen LogP contribution in [0, 0.1) is 0 Å². The molecule has 2 heterocycles. The fourth-order valence-corrected chi connectivity index (χ4v) is 3.48. The molecule has 0 fully saturated rings. The van der Waals surface area contributed by atoms with Crippen molar-refractivity contribution < 1.29 is 4.74 Å². The number of nitrogens with zero attached hydrogens (tertiary/aromatic N) is 2. The SMILES string of the molecule is CN(CCc1ccccc1)CC1=CCN2Cc3ccccc3OC=C12. The Balaban J connectivity index is 1.38. The first-order valence-corrected chi connectivity index (χ1v) is 8.91. The summed E-state index contributed by atoms with van der Waals surface area (Å²) in [4.78, 5) is 4.79. The average Bonchev–Trinajstić information content (AvgIpc) is 2.91. The van der Waals surface area contributed by atoms with Gasteiger partial charge >= 0.3 is 0 Å². The zero-order valence-corrected chi connectivity index (χ0v) is 14.7. The first-order valence-electron chi connectivity index (χ1n) is 8.91. The highest BCUT2D eigenvalue weighted by molar-refractivity contribution is 5.42. The Labute approximate surface area is 149 Å². The van der Waals surface area contributed by atoms with Crippen molar-refractivity contribution in [3.05, 3.63) is 89.3 Å². The molecule has 3 nitrogen and oxygen atoms in total. The summed E-state index contributed by atoms with van der Waals surface area (Å²) in [6, 6.07) is 19.0. The summed E-state index contributed by atoms with van der Waals surface area (Å²) in [5.74, 6) is 0.973. The maximum Gasteiger partial charge on any atom is 0.131 e. The van der Waals surface area contributed by atoms with Crippen LogP contribution in [0.3, 0.4) is 0 Å². The fraction of sp³-hybridized carbons (Fsp3) is 0.273. The van der Waals surface area contributed by atoms with Crippen LogP contribution in [0.2, 0.25) is 0 Å². The Morgan fingerprint density at radius 2 is 1.84 bits per heavy atom. The minimum absolute atomic E-state index is 0.912. The van der Waals surface area contributed by atoms with Crippen molar-refractivity contribution in [3.63, 3.8) is 0 Å². The maximum atomic E-state index is 5.94. The van der Waals surface area contributed by atoms with Gasteiger partial charge in [-0.3, -0.25) is 0 Å². The van der Waals surface area contributed by atoms with Gasteiger partial charge in [-0.05, 0) is 30.7 Å². The van der Waals surface area contributed by atoms with Crippen molar-refractivity contribution in [2.75, 3.05) is 26.7 Å². The average molecular weight is 332 g/mol. The molecule has 0 unspecified atom stereocenters. The van der Waals surface area contributed by atoms with Crippen LogP contribution in [0.15, 0.2) is 78.2 Å². The molecule has 0 radical (unpaired) electrons. The van der Waals surface area contributed by atoms with E-state index < -0.39 is 0 Å². The predicted molar refractivity (Wildman–Crippen MR) is 101 cm³/mol. The number of ether oxygens (including phenoxy) is 1. The third-order valence-electron chi connectivity index (χ3n) is 4.92. The molecule has 0 aliphatic carbocycles. The summed E-state index contributed by atoms with van der Waals surface area (Å²) in [7, 11) is 2.19. The highest BCUT2D eigenvalue weighted by Gasteiger charge is 2.24. The van der Waals surface area contributed by atoms with E-state index in [1.54, 1.807) is 0 Å². The van der Waals surface area contributed by atoms with Crippen LogP contribution in [0.4, 0.5) is 0 Å². The Bertz CT molecular complexity index is 795. The van der Waals surface area contributed by atoms with Crippen LogP contribution in [-0.2, 0) is 13.0 Å². The van der Waals surface area contributed by atoms with E-state index in [1.165, 1.54) is 22.4 Å². The van der Waals surface area contributed by atoms with Crippen molar-refractivity contribution in [3.8, 4) is 5.75 Å². The first-order chi connectivity index (χ1) is 12.3. The molecule has 2 aliphatic rings. The zero-order chi connectivity index (χ0) is 17.1. The van der Waals surface area contributed by atoms with E-state index in [9.17, 15) is 0 Å². The summed E-state index contributed by atoms with van der Waals surface area (Å²) >= 11 is 0. The van der Waals surface area contributed by atoms with Gasteiger partial charge < -0.3 is 14.5 Å². The largest absolute Gasteiger partial charge is 0.462 e. The van der Waals surface area contributed by atoms with Gasteiger partial charge in [-0.1, -0.05) is 54.6 Å². The van der Waals surface area contributed by atoms with E-state index in [1.807, 2.05) is 18.4 Å². The van der Waals surface area contributed by atoms with E-state index in [0.29, 0.717) is 0 Å². The van der Waals surface area contributed by atoms with Gasteiger partial charge in [0.1, 0.15) is 12.0 Å².